The third-order valence-electron chi connectivity index (χ3n) is 5.84. The number of hydrogen-bond donors (Lipinski definition) is 0. The van der Waals surface area contributed by atoms with E-state index in [1.165, 1.54) is 0 Å². The van der Waals surface area contributed by atoms with E-state index >= 15 is 0 Å². The van der Waals surface area contributed by atoms with Crippen molar-refractivity contribution in [3.63, 3.8) is 0 Å². The van der Waals surface area contributed by atoms with Crippen molar-refractivity contribution in [2.24, 2.45) is 0 Å². The van der Waals surface area contributed by atoms with Gasteiger partial charge >= 0.3 is 0 Å². The Labute approximate surface area is 182 Å². The number of rotatable bonds is 7. The molecule has 0 amide bonds. The Morgan fingerprint density at radius 2 is 1.93 bits per heavy atom. The summed E-state index contributed by atoms with van der Waals surface area (Å²) in [5.74, 6) is 2.10. The van der Waals surface area contributed by atoms with Crippen LogP contribution in [0.1, 0.15) is 58.4 Å². The second-order valence-corrected chi connectivity index (χ2v) is 10.0. The minimum Gasteiger partial charge on any atom is -0.361 e. The van der Waals surface area contributed by atoms with Crippen LogP contribution in [0.15, 0.2) is 10.6 Å². The smallest absolute Gasteiger partial charge is 0.189 e. The van der Waals surface area contributed by atoms with Crippen molar-refractivity contribution in [3.05, 3.63) is 17.5 Å². The fraction of sp³-hybridized carbons (Fsp3) is 0.773. The Hall–Kier alpha value is -1.08. The van der Waals surface area contributed by atoms with Gasteiger partial charge in [0, 0.05) is 18.9 Å². The predicted octanol–water partition coefficient (Wildman–Crippen LogP) is 3.61. The van der Waals surface area contributed by atoms with Crippen LogP contribution >= 0.6 is 11.8 Å². The molecule has 1 aromatic heterocycles. The van der Waals surface area contributed by atoms with E-state index in [0.29, 0.717) is 6.61 Å². The first-order chi connectivity index (χ1) is 14.2. The zero-order valence-corrected chi connectivity index (χ0v) is 19.1. The van der Waals surface area contributed by atoms with Gasteiger partial charge in [-0.2, -0.15) is 0 Å². The Morgan fingerprint density at radius 3 is 2.60 bits per heavy atom. The van der Waals surface area contributed by atoms with E-state index in [1.54, 1.807) is 11.8 Å². The van der Waals surface area contributed by atoms with Crippen molar-refractivity contribution in [1.82, 2.24) is 5.16 Å². The minimum absolute atomic E-state index is 0.274. The molecule has 7 nitrogen and oxygen atoms in total. The summed E-state index contributed by atoms with van der Waals surface area (Å²) < 4.78 is 35.9. The minimum atomic E-state index is -0.741. The van der Waals surface area contributed by atoms with Gasteiger partial charge in [0.2, 0.25) is 0 Å². The van der Waals surface area contributed by atoms with Gasteiger partial charge in [-0.05, 0) is 46.8 Å². The van der Waals surface area contributed by atoms with Crippen molar-refractivity contribution in [2.75, 3.05) is 12.9 Å². The molecule has 3 fully saturated rings. The molecule has 0 bridgehead atoms. The molecule has 3 saturated heterocycles. The normalized spacial score (nSPS) is 36.7. The van der Waals surface area contributed by atoms with E-state index in [1.807, 2.05) is 40.0 Å². The van der Waals surface area contributed by atoms with Crippen LogP contribution in [0.2, 0.25) is 0 Å². The number of hydrogen-bond acceptors (Lipinski definition) is 8. The number of ether oxygens (including phenoxy) is 5. The monoisotopic (exact) mass is 437 g/mol. The van der Waals surface area contributed by atoms with Gasteiger partial charge in [0.25, 0.3) is 0 Å². The molecule has 3 aliphatic heterocycles. The van der Waals surface area contributed by atoms with Gasteiger partial charge in [-0.3, -0.25) is 0 Å². The van der Waals surface area contributed by atoms with Crippen LogP contribution in [-0.2, 0) is 34.9 Å². The van der Waals surface area contributed by atoms with Gasteiger partial charge < -0.3 is 28.2 Å². The molecule has 0 N–H and O–H groups in total. The van der Waals surface area contributed by atoms with Gasteiger partial charge in [-0.1, -0.05) is 5.16 Å². The Morgan fingerprint density at radius 1 is 1.13 bits per heavy atom. The number of unbranched alkanes of at least 4 members (excludes halogenated alkanes) is 2. The van der Waals surface area contributed by atoms with Crippen molar-refractivity contribution in [2.45, 2.75) is 94.3 Å². The SMILES string of the molecule is C#CCCCCc1cc([C@]2(SC)[C@@H]([C@H]3COC(C)(C)O3)O[C@@H]3OC(C)(C)O[C@@H]32)no1. The maximum Gasteiger partial charge on any atom is 0.189 e. The molecule has 4 rings (SSSR count). The molecule has 0 saturated carbocycles. The predicted molar refractivity (Wildman–Crippen MR) is 112 cm³/mol. The molecule has 0 spiro atoms. The summed E-state index contributed by atoms with van der Waals surface area (Å²) in [4.78, 5) is 0. The third-order valence-corrected chi connectivity index (χ3v) is 7.19. The van der Waals surface area contributed by atoms with Crippen LogP contribution in [0.5, 0.6) is 0 Å². The molecule has 30 heavy (non-hydrogen) atoms. The number of aromatic nitrogens is 1. The standard InChI is InChI=1S/C22H31NO6S/c1-7-8-9-10-11-14-12-16(23-29-14)22(30-6)17(15-13-24-20(2,3)26-15)25-19-18(22)27-21(4,5)28-19/h1,12,15,17-19H,8-11,13H2,2-6H3/t15-,17-,18+,19-,22+/m1/s1. The maximum atomic E-state index is 6.40. The summed E-state index contributed by atoms with van der Waals surface area (Å²) in [7, 11) is 0. The molecule has 8 heteroatoms. The van der Waals surface area contributed by atoms with Crippen molar-refractivity contribution in [1.29, 1.82) is 0 Å². The first-order valence-electron chi connectivity index (χ1n) is 10.5. The molecule has 5 atom stereocenters. The first-order valence-corrected chi connectivity index (χ1v) is 11.7. The van der Waals surface area contributed by atoms with Crippen molar-refractivity contribution in [3.8, 4) is 12.3 Å². The molecule has 0 aromatic carbocycles. The lowest BCUT2D eigenvalue weighted by atomic mass is 9.89. The first kappa shape index (κ1) is 22.1. The Bertz CT molecular complexity index is 802. The highest BCUT2D eigenvalue weighted by Gasteiger charge is 2.68. The number of fused-ring (bicyclic) bond motifs is 1. The van der Waals surface area contributed by atoms with Crippen LogP contribution in [-0.4, -0.2) is 54.2 Å². The van der Waals surface area contributed by atoms with Crippen molar-refractivity contribution < 1.29 is 28.2 Å². The Kier molecular flexibility index (Phi) is 5.99. The zero-order valence-electron chi connectivity index (χ0n) is 18.3. The molecule has 4 heterocycles. The summed E-state index contributed by atoms with van der Waals surface area (Å²) in [6.45, 7) is 8.03. The molecular weight excluding hydrogens is 406 g/mol. The number of nitrogens with zero attached hydrogens (tertiary/aromatic N) is 1. The summed E-state index contributed by atoms with van der Waals surface area (Å²) in [6.07, 6.45) is 9.36. The summed E-state index contributed by atoms with van der Waals surface area (Å²) in [5.41, 5.74) is 0.786. The lowest BCUT2D eigenvalue weighted by Crippen LogP contribution is -2.49. The molecule has 1 aromatic rings. The molecule has 0 aliphatic carbocycles. The molecule has 3 aliphatic rings. The van der Waals surface area contributed by atoms with Crippen LogP contribution in [0.4, 0.5) is 0 Å². The van der Waals surface area contributed by atoms with Crippen molar-refractivity contribution >= 4 is 11.8 Å². The number of terminal acetylenes is 1. The fourth-order valence-electron chi connectivity index (χ4n) is 4.52. The highest BCUT2D eigenvalue weighted by atomic mass is 32.2. The van der Waals surface area contributed by atoms with E-state index in [0.717, 1.165) is 37.1 Å². The quantitative estimate of drug-likeness (QED) is 0.473. The molecule has 0 unspecified atom stereocenters. The zero-order chi connectivity index (χ0) is 21.6. The van der Waals surface area contributed by atoms with E-state index in [4.69, 9.17) is 34.6 Å². The van der Waals surface area contributed by atoms with Gasteiger partial charge in [-0.25, -0.2) is 0 Å². The number of aryl methyl sites for hydroxylation is 1. The van der Waals surface area contributed by atoms with E-state index < -0.39 is 22.6 Å². The lowest BCUT2D eigenvalue weighted by molar-refractivity contribution is -0.225. The summed E-state index contributed by atoms with van der Waals surface area (Å²) in [5, 5.41) is 4.46. The molecule has 0 radical (unpaired) electrons. The van der Waals surface area contributed by atoms with Crippen LogP contribution in [0.3, 0.4) is 0 Å². The third kappa shape index (κ3) is 3.92. The topological polar surface area (TPSA) is 72.2 Å². The van der Waals surface area contributed by atoms with E-state index in [9.17, 15) is 0 Å². The fourth-order valence-corrected chi connectivity index (χ4v) is 5.66. The Balaban J connectivity index is 1.64. The van der Waals surface area contributed by atoms with Gasteiger partial charge in [-0.15, -0.1) is 24.1 Å². The highest BCUT2D eigenvalue weighted by Crippen LogP contribution is 2.56. The molecular formula is C22H31NO6S. The average molecular weight is 438 g/mol. The lowest BCUT2D eigenvalue weighted by Gasteiger charge is -2.37. The number of thioether (sulfide) groups is 1. The van der Waals surface area contributed by atoms with E-state index in [2.05, 4.69) is 11.1 Å². The van der Waals surface area contributed by atoms with Gasteiger partial charge in [0.05, 0.1) is 6.61 Å². The highest BCUT2D eigenvalue weighted by molar-refractivity contribution is 7.99. The largest absolute Gasteiger partial charge is 0.361 e. The second kappa shape index (κ2) is 8.12. The maximum absolute atomic E-state index is 6.40. The van der Waals surface area contributed by atoms with Gasteiger partial charge in [0.15, 0.2) is 17.9 Å². The second-order valence-electron chi connectivity index (χ2n) is 8.94. The van der Waals surface area contributed by atoms with Crippen LogP contribution < -0.4 is 0 Å². The van der Waals surface area contributed by atoms with Gasteiger partial charge in [0.1, 0.15) is 34.5 Å². The molecule has 166 valence electrons. The summed E-state index contributed by atoms with van der Waals surface area (Å²) in [6, 6.07) is 2.01. The van der Waals surface area contributed by atoms with E-state index in [-0.39, 0.29) is 18.3 Å². The summed E-state index contributed by atoms with van der Waals surface area (Å²) >= 11 is 1.64. The van der Waals surface area contributed by atoms with Crippen LogP contribution in [0, 0.1) is 12.3 Å². The average Bonchev–Trinajstić information content (AvgIpc) is 3.41. The van der Waals surface area contributed by atoms with Crippen LogP contribution in [0.25, 0.3) is 0 Å².